The van der Waals surface area contributed by atoms with E-state index in [0.717, 1.165) is 0 Å². The molecule has 1 aliphatic rings. The molecule has 0 heterocycles. The van der Waals surface area contributed by atoms with Crippen molar-refractivity contribution in [3.63, 3.8) is 0 Å². The first-order valence-electron chi connectivity index (χ1n) is 23.4. The molecule has 0 bridgehead atoms. The molecule has 0 spiro atoms. The summed E-state index contributed by atoms with van der Waals surface area (Å²) in [6, 6.07) is 95.3. The average molecular weight is 847 g/mol. The molecular formula is C67H42. The molecule has 0 aromatic heterocycles. The predicted octanol–water partition coefficient (Wildman–Crippen LogP) is 18.0. The van der Waals surface area contributed by atoms with Crippen LogP contribution in [0, 0.1) is 0 Å². The van der Waals surface area contributed by atoms with E-state index in [4.69, 9.17) is 0 Å². The minimum atomic E-state index is -0.583. The van der Waals surface area contributed by atoms with Gasteiger partial charge >= 0.3 is 0 Å². The Morgan fingerprint density at radius 1 is 0.209 bits per heavy atom. The van der Waals surface area contributed by atoms with Crippen molar-refractivity contribution in [1.29, 1.82) is 0 Å². The summed E-state index contributed by atoms with van der Waals surface area (Å²) in [5.74, 6) is 0. The molecule has 0 saturated carbocycles. The number of hydrogen-bond donors (Lipinski definition) is 0. The fraction of sp³-hybridized carbons (Fsp3) is 0.0149. The highest BCUT2D eigenvalue weighted by atomic mass is 14.5. The van der Waals surface area contributed by atoms with Crippen LogP contribution >= 0.6 is 0 Å². The molecule has 0 N–H and O–H groups in total. The van der Waals surface area contributed by atoms with E-state index in [1.54, 1.807) is 0 Å². The predicted molar refractivity (Wildman–Crippen MR) is 285 cm³/mol. The standard InChI is InChI=1S/C67H42/c1-3-21-48(22-4-1)67(49-23-5-2-6-24-49)65-58-33-17-11-27-52(58)60(42-61(65)64-53-28-12-9-25-50(53)51-26-10-18-34-59(51)66(64)67)44-36-38-45(39-37-44)62-54-29-13-15-31-56(54)63(57-32-16-14-30-55(57)62)47-40-35-43-19-7-8-20-46(43)41-47/h1-42H. The van der Waals surface area contributed by atoms with Crippen LogP contribution in [0.15, 0.2) is 255 Å². The molecule has 0 saturated heterocycles. The van der Waals surface area contributed by atoms with Gasteiger partial charge in [0.25, 0.3) is 0 Å². The highest BCUT2D eigenvalue weighted by Crippen LogP contribution is 2.62. The summed E-state index contributed by atoms with van der Waals surface area (Å²) in [7, 11) is 0. The van der Waals surface area contributed by atoms with E-state index in [1.165, 1.54) is 131 Å². The summed E-state index contributed by atoms with van der Waals surface area (Å²) in [6.07, 6.45) is 0. The lowest BCUT2D eigenvalue weighted by Crippen LogP contribution is -2.29. The number of benzene rings is 13. The van der Waals surface area contributed by atoms with Gasteiger partial charge in [-0.25, -0.2) is 0 Å². The third kappa shape index (κ3) is 5.42. The SMILES string of the molecule is c1ccc(C2(c3ccccc3)c3c(cc(-c4ccc(-c5c6ccccc6c(-c6ccc7ccccc7c6)c6ccccc56)cc4)c4ccccc34)-c3c2c2ccccc2c2ccccc32)cc1. The third-order valence-corrected chi connectivity index (χ3v) is 14.9. The van der Waals surface area contributed by atoms with Crippen LogP contribution in [-0.2, 0) is 5.41 Å². The summed E-state index contributed by atoms with van der Waals surface area (Å²) in [6.45, 7) is 0. The summed E-state index contributed by atoms with van der Waals surface area (Å²) in [5, 5.41) is 15.2. The van der Waals surface area contributed by atoms with E-state index in [1.807, 2.05) is 0 Å². The van der Waals surface area contributed by atoms with E-state index in [9.17, 15) is 0 Å². The second-order valence-corrected chi connectivity index (χ2v) is 18.2. The van der Waals surface area contributed by atoms with Crippen LogP contribution in [0.5, 0.6) is 0 Å². The maximum Gasteiger partial charge on any atom is 0.0725 e. The van der Waals surface area contributed by atoms with Gasteiger partial charge in [0.1, 0.15) is 0 Å². The van der Waals surface area contributed by atoms with Crippen molar-refractivity contribution in [2.75, 3.05) is 0 Å². The van der Waals surface area contributed by atoms with Crippen molar-refractivity contribution in [3.05, 3.63) is 277 Å². The van der Waals surface area contributed by atoms with Crippen LogP contribution in [-0.4, -0.2) is 0 Å². The largest absolute Gasteiger partial charge is 0.0725 e. The van der Waals surface area contributed by atoms with Crippen LogP contribution in [0.2, 0.25) is 0 Å². The van der Waals surface area contributed by atoms with Crippen LogP contribution < -0.4 is 0 Å². The molecule has 0 unspecified atom stereocenters. The molecule has 0 heteroatoms. The zero-order chi connectivity index (χ0) is 44.1. The first kappa shape index (κ1) is 37.8. The van der Waals surface area contributed by atoms with Gasteiger partial charge in [-0.3, -0.25) is 0 Å². The molecule has 67 heavy (non-hydrogen) atoms. The average Bonchev–Trinajstić information content (AvgIpc) is 3.73. The Morgan fingerprint density at radius 2 is 0.597 bits per heavy atom. The highest BCUT2D eigenvalue weighted by molar-refractivity contribution is 6.23. The zero-order valence-electron chi connectivity index (χ0n) is 36.7. The molecule has 1 aliphatic carbocycles. The van der Waals surface area contributed by atoms with Crippen LogP contribution in [0.3, 0.4) is 0 Å². The monoisotopic (exact) mass is 846 g/mol. The fourth-order valence-electron chi connectivity index (χ4n) is 12.2. The molecule has 14 rings (SSSR count). The zero-order valence-corrected chi connectivity index (χ0v) is 36.7. The molecule has 0 atom stereocenters. The Morgan fingerprint density at radius 3 is 1.16 bits per heavy atom. The minimum Gasteiger partial charge on any atom is -0.0622 e. The second-order valence-electron chi connectivity index (χ2n) is 18.2. The van der Waals surface area contributed by atoms with Gasteiger partial charge in [0, 0.05) is 0 Å². The van der Waals surface area contributed by atoms with E-state index in [-0.39, 0.29) is 0 Å². The first-order valence-corrected chi connectivity index (χ1v) is 23.4. The molecule has 13 aromatic carbocycles. The molecule has 0 fully saturated rings. The van der Waals surface area contributed by atoms with Crippen molar-refractivity contribution in [1.82, 2.24) is 0 Å². The fourth-order valence-corrected chi connectivity index (χ4v) is 12.2. The molecule has 0 nitrogen and oxygen atoms in total. The Kier molecular flexibility index (Phi) is 8.30. The maximum absolute atomic E-state index is 2.53. The summed E-state index contributed by atoms with van der Waals surface area (Å²) in [4.78, 5) is 0. The molecular weight excluding hydrogens is 805 g/mol. The Bertz CT molecular complexity index is 4030. The Hall–Kier alpha value is -8.58. The van der Waals surface area contributed by atoms with Gasteiger partial charge in [-0.2, -0.15) is 0 Å². The van der Waals surface area contributed by atoms with Crippen LogP contribution in [0.25, 0.3) is 109 Å². The van der Waals surface area contributed by atoms with E-state index in [0.29, 0.717) is 0 Å². The van der Waals surface area contributed by atoms with E-state index < -0.39 is 5.41 Å². The van der Waals surface area contributed by atoms with Gasteiger partial charge in [-0.1, -0.05) is 243 Å². The minimum absolute atomic E-state index is 0.583. The van der Waals surface area contributed by atoms with Gasteiger partial charge < -0.3 is 0 Å². The Labute approximate surface area is 389 Å². The first-order chi connectivity index (χ1) is 33.3. The van der Waals surface area contributed by atoms with Crippen molar-refractivity contribution < 1.29 is 0 Å². The maximum atomic E-state index is 2.53. The van der Waals surface area contributed by atoms with Crippen molar-refractivity contribution >= 4 is 64.6 Å². The van der Waals surface area contributed by atoms with Crippen LogP contribution in [0.1, 0.15) is 22.3 Å². The molecule has 0 amide bonds. The topological polar surface area (TPSA) is 0 Å². The number of rotatable bonds is 5. The summed E-state index contributed by atoms with van der Waals surface area (Å²) < 4.78 is 0. The lowest BCUT2D eigenvalue weighted by Gasteiger charge is -2.35. The van der Waals surface area contributed by atoms with Crippen LogP contribution in [0.4, 0.5) is 0 Å². The van der Waals surface area contributed by atoms with Crippen molar-refractivity contribution in [2.24, 2.45) is 0 Å². The smallest absolute Gasteiger partial charge is 0.0622 e. The third-order valence-electron chi connectivity index (χ3n) is 14.9. The van der Waals surface area contributed by atoms with Gasteiger partial charge in [-0.05, 0) is 144 Å². The Balaban J connectivity index is 1.03. The van der Waals surface area contributed by atoms with E-state index >= 15 is 0 Å². The molecule has 310 valence electrons. The quantitative estimate of drug-likeness (QED) is 0.120. The normalized spacial score (nSPS) is 12.9. The lowest BCUT2D eigenvalue weighted by atomic mass is 9.65. The summed E-state index contributed by atoms with van der Waals surface area (Å²) >= 11 is 0. The van der Waals surface area contributed by atoms with Gasteiger partial charge in [0.2, 0.25) is 0 Å². The molecule has 13 aromatic rings. The van der Waals surface area contributed by atoms with Gasteiger partial charge in [-0.15, -0.1) is 0 Å². The highest BCUT2D eigenvalue weighted by Gasteiger charge is 2.49. The summed E-state index contributed by atoms with van der Waals surface area (Å²) in [5.41, 5.74) is 14.7. The van der Waals surface area contributed by atoms with Crippen molar-refractivity contribution in [2.45, 2.75) is 5.41 Å². The lowest BCUT2D eigenvalue weighted by molar-refractivity contribution is 0.783. The van der Waals surface area contributed by atoms with Gasteiger partial charge in [0.15, 0.2) is 0 Å². The molecule has 0 aliphatic heterocycles. The number of fused-ring (bicyclic) bond motifs is 13. The van der Waals surface area contributed by atoms with Crippen molar-refractivity contribution in [3.8, 4) is 44.5 Å². The molecule has 0 radical (unpaired) electrons. The second kappa shape index (κ2) is 14.7. The number of hydrogen-bond acceptors (Lipinski definition) is 0. The van der Waals surface area contributed by atoms with Gasteiger partial charge in [0.05, 0.1) is 5.41 Å². The van der Waals surface area contributed by atoms with E-state index in [2.05, 4.69) is 255 Å².